The Kier molecular flexibility index (Phi) is 10.0. The summed E-state index contributed by atoms with van der Waals surface area (Å²) < 4.78 is 23.3. The molecule has 8 nitrogen and oxygen atoms in total. The predicted octanol–water partition coefficient (Wildman–Crippen LogP) is 2.89. The van der Waals surface area contributed by atoms with Crippen molar-refractivity contribution >= 4 is 21.7 Å². The van der Waals surface area contributed by atoms with Gasteiger partial charge in [0.15, 0.2) is 9.84 Å². The molecular formula is C27H38N4O4S. The number of likely N-dealkylation sites (N-methyl/N-ethyl adjacent to an activating group) is 1. The third kappa shape index (κ3) is 7.86. The van der Waals surface area contributed by atoms with Crippen LogP contribution in [-0.4, -0.2) is 91.5 Å². The molecule has 2 heterocycles. The number of carbonyl (C=O) groups is 2. The molecule has 1 atom stereocenters. The fourth-order valence-electron chi connectivity index (χ4n) is 4.63. The van der Waals surface area contributed by atoms with Crippen LogP contribution in [0.25, 0.3) is 0 Å². The second kappa shape index (κ2) is 13.0. The number of unbranched alkanes of at least 4 members (excludes halogenated alkanes) is 1. The zero-order valence-electron chi connectivity index (χ0n) is 21.6. The molecule has 1 aromatic heterocycles. The first-order valence-electron chi connectivity index (χ1n) is 12.7. The lowest BCUT2D eigenvalue weighted by molar-refractivity contribution is -0.130. The van der Waals surface area contributed by atoms with Crippen molar-refractivity contribution in [3.8, 4) is 0 Å². The number of rotatable bonds is 11. The average Bonchev–Trinajstić information content (AvgIpc) is 3.05. The van der Waals surface area contributed by atoms with Crippen LogP contribution in [0.3, 0.4) is 0 Å². The molecule has 196 valence electrons. The molecule has 0 aliphatic carbocycles. The SMILES string of the molecule is CCN(CCCCN1CCN(C(=O)c2cccnc2)CCC1=O)C(C)Cc1ccc(S(C)(=O)=O)cc1. The maximum absolute atomic E-state index is 12.7. The highest BCUT2D eigenvalue weighted by Gasteiger charge is 2.24. The molecule has 36 heavy (non-hydrogen) atoms. The number of amides is 2. The van der Waals surface area contributed by atoms with Gasteiger partial charge in [-0.05, 0) is 69.1 Å². The molecular weight excluding hydrogens is 476 g/mol. The summed E-state index contributed by atoms with van der Waals surface area (Å²) in [6.07, 6.45) is 7.52. The molecule has 1 aromatic carbocycles. The first-order chi connectivity index (χ1) is 17.2. The largest absolute Gasteiger partial charge is 0.341 e. The Labute approximate surface area is 215 Å². The average molecular weight is 515 g/mol. The van der Waals surface area contributed by atoms with E-state index in [-0.39, 0.29) is 11.8 Å². The van der Waals surface area contributed by atoms with E-state index in [1.54, 1.807) is 41.6 Å². The number of carbonyl (C=O) groups excluding carboxylic acids is 2. The molecule has 0 radical (unpaired) electrons. The zero-order chi connectivity index (χ0) is 26.1. The number of pyridine rings is 1. The molecule has 0 spiro atoms. The van der Waals surface area contributed by atoms with Crippen molar-refractivity contribution in [1.29, 1.82) is 0 Å². The predicted molar refractivity (Wildman–Crippen MR) is 141 cm³/mol. The van der Waals surface area contributed by atoms with Gasteiger partial charge in [-0.3, -0.25) is 14.6 Å². The van der Waals surface area contributed by atoms with Gasteiger partial charge in [-0.25, -0.2) is 8.42 Å². The van der Waals surface area contributed by atoms with Gasteiger partial charge in [0.1, 0.15) is 0 Å². The van der Waals surface area contributed by atoms with E-state index >= 15 is 0 Å². The van der Waals surface area contributed by atoms with Gasteiger partial charge in [-0.15, -0.1) is 0 Å². The van der Waals surface area contributed by atoms with Crippen molar-refractivity contribution in [1.82, 2.24) is 19.7 Å². The van der Waals surface area contributed by atoms with Crippen LogP contribution in [0.2, 0.25) is 0 Å². The fourth-order valence-corrected chi connectivity index (χ4v) is 5.26. The minimum Gasteiger partial charge on any atom is -0.341 e. The number of nitrogens with zero attached hydrogens (tertiary/aromatic N) is 4. The van der Waals surface area contributed by atoms with E-state index in [0.717, 1.165) is 37.9 Å². The monoisotopic (exact) mass is 514 g/mol. The van der Waals surface area contributed by atoms with E-state index in [1.165, 1.54) is 6.26 Å². The van der Waals surface area contributed by atoms with Gasteiger partial charge in [-0.1, -0.05) is 19.1 Å². The first-order valence-corrected chi connectivity index (χ1v) is 14.6. The van der Waals surface area contributed by atoms with E-state index in [0.29, 0.717) is 49.1 Å². The normalized spacial score (nSPS) is 15.7. The van der Waals surface area contributed by atoms with Crippen molar-refractivity contribution < 1.29 is 18.0 Å². The fraction of sp³-hybridized carbons (Fsp3) is 0.519. The molecule has 9 heteroatoms. The number of hydrogen-bond acceptors (Lipinski definition) is 6. The summed E-state index contributed by atoms with van der Waals surface area (Å²) in [5, 5.41) is 0. The highest BCUT2D eigenvalue weighted by Crippen LogP contribution is 2.15. The van der Waals surface area contributed by atoms with Gasteiger partial charge in [-0.2, -0.15) is 0 Å². The van der Waals surface area contributed by atoms with Gasteiger partial charge < -0.3 is 14.7 Å². The van der Waals surface area contributed by atoms with Crippen LogP contribution in [0.15, 0.2) is 53.7 Å². The van der Waals surface area contributed by atoms with Crippen molar-refractivity contribution in [2.75, 3.05) is 45.5 Å². The highest BCUT2D eigenvalue weighted by atomic mass is 32.2. The summed E-state index contributed by atoms with van der Waals surface area (Å²) in [5.41, 5.74) is 1.67. The Morgan fingerprint density at radius 1 is 1.11 bits per heavy atom. The smallest absolute Gasteiger partial charge is 0.255 e. The lowest BCUT2D eigenvalue weighted by atomic mass is 10.1. The van der Waals surface area contributed by atoms with E-state index in [4.69, 9.17) is 0 Å². The second-order valence-electron chi connectivity index (χ2n) is 9.47. The molecule has 2 aromatic rings. The quantitative estimate of drug-likeness (QED) is 0.428. The Morgan fingerprint density at radius 2 is 1.86 bits per heavy atom. The summed E-state index contributed by atoms with van der Waals surface area (Å²) in [5.74, 6) is 0.0334. The molecule has 1 aliphatic heterocycles. The molecule has 0 N–H and O–H groups in total. The number of aromatic nitrogens is 1. The summed E-state index contributed by atoms with van der Waals surface area (Å²) in [4.78, 5) is 35.8. The van der Waals surface area contributed by atoms with Gasteiger partial charge in [0.05, 0.1) is 10.5 Å². The second-order valence-corrected chi connectivity index (χ2v) is 11.5. The molecule has 3 rings (SSSR count). The standard InChI is InChI=1S/C27H38N4O4S/c1-4-29(22(2)20-23-9-11-25(12-10-23)36(3,34)35)15-5-6-16-30-18-19-31(17-13-26(30)32)27(33)24-8-7-14-28-21-24/h7-12,14,21-22H,4-6,13,15-20H2,1-3H3. The summed E-state index contributed by atoms with van der Waals surface area (Å²) in [6, 6.07) is 11.0. The van der Waals surface area contributed by atoms with Crippen molar-refractivity contribution in [2.24, 2.45) is 0 Å². The Balaban J connectivity index is 1.43. The lowest BCUT2D eigenvalue weighted by Gasteiger charge is -2.28. The Hall–Kier alpha value is -2.78. The minimum atomic E-state index is -3.18. The summed E-state index contributed by atoms with van der Waals surface area (Å²) in [7, 11) is -3.18. The highest BCUT2D eigenvalue weighted by molar-refractivity contribution is 7.90. The van der Waals surface area contributed by atoms with Crippen LogP contribution in [0.1, 0.15) is 49.0 Å². The van der Waals surface area contributed by atoms with Crippen molar-refractivity contribution in [2.45, 2.75) is 50.5 Å². The minimum absolute atomic E-state index is 0.0729. The van der Waals surface area contributed by atoms with E-state index < -0.39 is 9.84 Å². The number of benzene rings is 1. The summed E-state index contributed by atoms with van der Waals surface area (Å²) >= 11 is 0. The van der Waals surface area contributed by atoms with Gasteiger partial charge in [0.2, 0.25) is 5.91 Å². The van der Waals surface area contributed by atoms with Crippen LogP contribution in [0.4, 0.5) is 0 Å². The van der Waals surface area contributed by atoms with Crippen LogP contribution in [0, 0.1) is 0 Å². The Morgan fingerprint density at radius 3 is 2.50 bits per heavy atom. The third-order valence-corrected chi connectivity index (χ3v) is 7.95. The molecule has 2 amide bonds. The lowest BCUT2D eigenvalue weighted by Crippen LogP contribution is -2.37. The molecule has 1 aliphatic rings. The van der Waals surface area contributed by atoms with Gasteiger partial charge in [0, 0.05) is 57.3 Å². The van der Waals surface area contributed by atoms with Crippen LogP contribution < -0.4 is 0 Å². The van der Waals surface area contributed by atoms with Gasteiger partial charge >= 0.3 is 0 Å². The van der Waals surface area contributed by atoms with E-state index in [9.17, 15) is 18.0 Å². The molecule has 0 bridgehead atoms. The van der Waals surface area contributed by atoms with E-state index in [2.05, 4.69) is 23.7 Å². The number of sulfone groups is 1. The Bertz CT molecular complexity index is 1110. The maximum atomic E-state index is 12.7. The first kappa shape index (κ1) is 27.8. The molecule has 1 fully saturated rings. The molecule has 1 saturated heterocycles. The van der Waals surface area contributed by atoms with E-state index in [1.807, 2.05) is 17.0 Å². The summed E-state index contributed by atoms with van der Waals surface area (Å²) in [6.45, 7) is 8.44. The zero-order valence-corrected chi connectivity index (χ0v) is 22.4. The van der Waals surface area contributed by atoms with Gasteiger partial charge in [0.25, 0.3) is 5.91 Å². The molecule has 1 unspecified atom stereocenters. The number of hydrogen-bond donors (Lipinski definition) is 0. The third-order valence-electron chi connectivity index (χ3n) is 6.82. The van der Waals surface area contributed by atoms with Crippen LogP contribution in [0.5, 0.6) is 0 Å². The molecule has 0 saturated carbocycles. The van der Waals surface area contributed by atoms with Crippen LogP contribution in [-0.2, 0) is 21.1 Å². The maximum Gasteiger partial charge on any atom is 0.255 e. The van der Waals surface area contributed by atoms with Crippen LogP contribution >= 0.6 is 0 Å². The topological polar surface area (TPSA) is 90.9 Å². The van der Waals surface area contributed by atoms with Crippen molar-refractivity contribution in [3.63, 3.8) is 0 Å². The van der Waals surface area contributed by atoms with Crippen molar-refractivity contribution in [3.05, 3.63) is 59.9 Å².